The topological polar surface area (TPSA) is 37.3 Å². The molecule has 0 saturated carbocycles. The Morgan fingerprint density at radius 1 is 0.955 bits per heavy atom. The average molecular weight is 317 g/mol. The minimum atomic E-state index is -1.23. The van der Waals surface area contributed by atoms with Crippen LogP contribution in [-0.2, 0) is 10.2 Å². The molecule has 0 spiro atoms. The summed E-state index contributed by atoms with van der Waals surface area (Å²) in [5.74, 6) is -0.919. The molecular weight excluding hydrogens is 296 g/mol. The lowest BCUT2D eigenvalue weighted by Crippen LogP contribution is -2.40. The summed E-state index contributed by atoms with van der Waals surface area (Å²) in [5.41, 5.74) is 4.40. The van der Waals surface area contributed by atoms with Crippen LogP contribution in [0.3, 0.4) is 0 Å². The summed E-state index contributed by atoms with van der Waals surface area (Å²) in [6.45, 7) is 7.88. The van der Waals surface area contributed by atoms with Crippen molar-refractivity contribution >= 4 is 17.6 Å². The van der Waals surface area contributed by atoms with E-state index in [0.29, 0.717) is 0 Å². The molecule has 0 unspecified atom stereocenters. The zero-order valence-electron chi connectivity index (χ0n) is 13.4. The second kappa shape index (κ2) is 6.13. The predicted molar refractivity (Wildman–Crippen MR) is 91.0 cm³/mol. The van der Waals surface area contributed by atoms with Crippen molar-refractivity contribution < 1.29 is 9.90 Å². The maximum Gasteiger partial charge on any atom is 0.319 e. The maximum atomic E-state index is 12.2. The van der Waals surface area contributed by atoms with Crippen LogP contribution in [0.25, 0.3) is 0 Å². The SMILES string of the molecule is Cc1ccc(C(CCl)(C(=O)O)c2ccc(C)cc2C)c(C)c1. The number of hydrogen-bond acceptors (Lipinski definition) is 1. The summed E-state index contributed by atoms with van der Waals surface area (Å²) < 4.78 is 0. The van der Waals surface area contributed by atoms with Crippen molar-refractivity contribution in [2.45, 2.75) is 33.1 Å². The van der Waals surface area contributed by atoms with Crippen LogP contribution in [0.1, 0.15) is 33.4 Å². The van der Waals surface area contributed by atoms with E-state index in [1.54, 1.807) is 0 Å². The predicted octanol–water partition coefficient (Wildman–Crippen LogP) is 4.53. The molecule has 0 saturated heterocycles. The highest BCUT2D eigenvalue weighted by atomic mass is 35.5. The first-order valence-corrected chi connectivity index (χ1v) is 7.81. The van der Waals surface area contributed by atoms with Gasteiger partial charge in [0.05, 0.1) is 0 Å². The Labute approximate surface area is 136 Å². The van der Waals surface area contributed by atoms with E-state index >= 15 is 0 Å². The molecule has 0 heterocycles. The molecule has 0 aliphatic heterocycles. The Kier molecular flexibility index (Phi) is 4.62. The molecular formula is C19H21ClO2. The number of alkyl halides is 1. The molecule has 2 rings (SSSR count). The molecule has 1 N–H and O–H groups in total. The Hall–Kier alpha value is -1.80. The van der Waals surface area contributed by atoms with Crippen LogP contribution >= 0.6 is 11.6 Å². The van der Waals surface area contributed by atoms with Gasteiger partial charge in [0.1, 0.15) is 5.41 Å². The number of aliphatic carboxylic acids is 1. The van der Waals surface area contributed by atoms with Crippen molar-refractivity contribution in [1.29, 1.82) is 0 Å². The van der Waals surface area contributed by atoms with Gasteiger partial charge < -0.3 is 5.11 Å². The smallest absolute Gasteiger partial charge is 0.319 e. The van der Waals surface area contributed by atoms with Gasteiger partial charge in [0.25, 0.3) is 0 Å². The van der Waals surface area contributed by atoms with E-state index in [-0.39, 0.29) is 5.88 Å². The molecule has 0 bridgehead atoms. The van der Waals surface area contributed by atoms with Crippen molar-refractivity contribution in [3.63, 3.8) is 0 Å². The van der Waals surface area contributed by atoms with E-state index in [1.807, 2.05) is 64.1 Å². The van der Waals surface area contributed by atoms with Crippen LogP contribution in [0.4, 0.5) is 0 Å². The van der Waals surface area contributed by atoms with Crippen LogP contribution in [0.2, 0.25) is 0 Å². The number of aryl methyl sites for hydroxylation is 4. The minimum absolute atomic E-state index is 0.00383. The highest BCUT2D eigenvalue weighted by molar-refractivity contribution is 6.21. The third-order valence-corrected chi connectivity index (χ3v) is 4.65. The first kappa shape index (κ1) is 16.6. The fourth-order valence-electron chi connectivity index (χ4n) is 3.16. The van der Waals surface area contributed by atoms with Gasteiger partial charge in [-0.25, -0.2) is 0 Å². The highest BCUT2D eigenvalue weighted by Gasteiger charge is 2.43. The molecule has 3 heteroatoms. The molecule has 0 radical (unpaired) electrons. The first-order valence-electron chi connectivity index (χ1n) is 7.27. The van der Waals surface area contributed by atoms with E-state index in [1.165, 1.54) is 0 Å². The standard InChI is InChI=1S/C19H21ClO2/c1-12-5-7-16(14(3)9-12)19(11-20,18(21)22)17-8-6-13(2)10-15(17)4/h5-10H,11H2,1-4H3,(H,21,22). The zero-order chi connectivity index (χ0) is 16.5. The molecule has 0 aromatic heterocycles. The number of carboxylic acid groups (broad SMARTS) is 1. The van der Waals surface area contributed by atoms with Crippen molar-refractivity contribution in [2.24, 2.45) is 0 Å². The van der Waals surface area contributed by atoms with Gasteiger partial charge in [-0.15, -0.1) is 11.6 Å². The van der Waals surface area contributed by atoms with Gasteiger partial charge in [0.15, 0.2) is 0 Å². The molecule has 0 atom stereocenters. The summed E-state index contributed by atoms with van der Waals surface area (Å²) in [7, 11) is 0. The van der Waals surface area contributed by atoms with Crippen molar-refractivity contribution in [2.75, 3.05) is 5.88 Å². The quantitative estimate of drug-likeness (QED) is 0.841. The third-order valence-electron chi connectivity index (χ3n) is 4.25. The minimum Gasteiger partial charge on any atom is -0.480 e. The summed E-state index contributed by atoms with van der Waals surface area (Å²) in [6, 6.07) is 11.7. The number of halogens is 1. The lowest BCUT2D eigenvalue weighted by atomic mass is 9.72. The van der Waals surface area contributed by atoms with Gasteiger partial charge >= 0.3 is 5.97 Å². The van der Waals surface area contributed by atoms with E-state index < -0.39 is 11.4 Å². The van der Waals surface area contributed by atoms with Gasteiger partial charge in [-0.05, 0) is 49.9 Å². The van der Waals surface area contributed by atoms with Gasteiger partial charge in [-0.3, -0.25) is 4.79 Å². The highest BCUT2D eigenvalue weighted by Crippen LogP contribution is 2.38. The molecule has 2 aromatic rings. The maximum absolute atomic E-state index is 12.2. The Bertz CT molecular complexity index is 668. The van der Waals surface area contributed by atoms with Crippen molar-refractivity contribution in [3.05, 3.63) is 69.8 Å². The number of hydrogen-bond donors (Lipinski definition) is 1. The normalized spacial score (nSPS) is 11.5. The molecule has 2 nitrogen and oxygen atoms in total. The monoisotopic (exact) mass is 316 g/mol. The summed E-state index contributed by atoms with van der Waals surface area (Å²) in [4.78, 5) is 12.2. The summed E-state index contributed by atoms with van der Waals surface area (Å²) >= 11 is 6.23. The van der Waals surface area contributed by atoms with Crippen molar-refractivity contribution in [3.8, 4) is 0 Å². The molecule has 2 aromatic carbocycles. The second-order valence-electron chi connectivity index (χ2n) is 5.98. The molecule has 0 fully saturated rings. The third kappa shape index (κ3) is 2.64. The lowest BCUT2D eigenvalue weighted by molar-refractivity contribution is -0.141. The fraction of sp³-hybridized carbons (Fsp3) is 0.316. The number of carboxylic acids is 1. The number of benzene rings is 2. The van der Waals surface area contributed by atoms with E-state index in [0.717, 1.165) is 33.4 Å². The summed E-state index contributed by atoms with van der Waals surface area (Å²) in [6.07, 6.45) is 0. The van der Waals surface area contributed by atoms with Crippen LogP contribution in [0.15, 0.2) is 36.4 Å². The second-order valence-corrected chi connectivity index (χ2v) is 6.25. The Balaban J connectivity index is 2.80. The van der Waals surface area contributed by atoms with Gasteiger partial charge in [-0.2, -0.15) is 0 Å². The largest absolute Gasteiger partial charge is 0.480 e. The van der Waals surface area contributed by atoms with Crippen LogP contribution in [0.5, 0.6) is 0 Å². The zero-order valence-corrected chi connectivity index (χ0v) is 14.2. The molecule has 0 aliphatic carbocycles. The number of rotatable bonds is 4. The molecule has 22 heavy (non-hydrogen) atoms. The molecule has 116 valence electrons. The van der Waals surface area contributed by atoms with Crippen LogP contribution in [-0.4, -0.2) is 17.0 Å². The van der Waals surface area contributed by atoms with E-state index in [4.69, 9.17) is 11.6 Å². The summed E-state index contributed by atoms with van der Waals surface area (Å²) in [5, 5.41) is 10.0. The van der Waals surface area contributed by atoms with E-state index in [9.17, 15) is 9.90 Å². The lowest BCUT2D eigenvalue weighted by Gasteiger charge is -2.31. The average Bonchev–Trinajstić information content (AvgIpc) is 2.43. The molecule has 0 aliphatic rings. The van der Waals surface area contributed by atoms with Gasteiger partial charge in [0.2, 0.25) is 0 Å². The van der Waals surface area contributed by atoms with Crippen LogP contribution in [0, 0.1) is 27.7 Å². The Morgan fingerprint density at radius 2 is 1.36 bits per heavy atom. The Morgan fingerprint density at radius 3 is 1.64 bits per heavy atom. The first-order chi connectivity index (χ1) is 10.3. The van der Waals surface area contributed by atoms with Crippen LogP contribution < -0.4 is 0 Å². The van der Waals surface area contributed by atoms with E-state index in [2.05, 4.69) is 0 Å². The number of carbonyl (C=O) groups is 1. The van der Waals surface area contributed by atoms with Gasteiger partial charge in [-0.1, -0.05) is 47.5 Å². The molecule has 0 amide bonds. The van der Waals surface area contributed by atoms with Gasteiger partial charge in [0, 0.05) is 5.88 Å². The van der Waals surface area contributed by atoms with Crippen molar-refractivity contribution in [1.82, 2.24) is 0 Å². The fourth-order valence-corrected chi connectivity index (χ4v) is 3.56.